The Bertz CT molecular complexity index is 279. The topological polar surface area (TPSA) is 35.9 Å². The van der Waals surface area contributed by atoms with E-state index in [9.17, 15) is 5.11 Å². The Morgan fingerprint density at radius 3 is 2.94 bits per heavy atom. The average molecular weight is 254 g/mol. The molecule has 18 heavy (non-hydrogen) atoms. The van der Waals surface area contributed by atoms with E-state index in [1.54, 1.807) is 0 Å². The van der Waals surface area contributed by atoms with Crippen molar-refractivity contribution in [3.05, 3.63) is 0 Å². The summed E-state index contributed by atoms with van der Waals surface area (Å²) in [5.41, 5.74) is 0.0129. The fourth-order valence-corrected chi connectivity index (χ4v) is 3.88. The van der Waals surface area contributed by atoms with Crippen molar-refractivity contribution in [2.75, 3.05) is 52.5 Å². The predicted octanol–water partition coefficient (Wildman–Crippen LogP) is 0.556. The van der Waals surface area contributed by atoms with Gasteiger partial charge in [0.2, 0.25) is 0 Å². The molecule has 104 valence electrons. The largest absolute Gasteiger partial charge is 0.396 e. The summed E-state index contributed by atoms with van der Waals surface area (Å²) in [5.74, 6) is 0. The maximum atomic E-state index is 9.74. The molecule has 4 nitrogen and oxygen atoms in total. The van der Waals surface area contributed by atoms with Gasteiger partial charge in [0.05, 0.1) is 13.2 Å². The van der Waals surface area contributed by atoms with E-state index >= 15 is 0 Å². The molecule has 1 N–H and O–H groups in total. The summed E-state index contributed by atoms with van der Waals surface area (Å²) < 4.78 is 5.61. The lowest BCUT2D eigenvalue weighted by Crippen LogP contribution is -2.54. The van der Waals surface area contributed by atoms with Crippen molar-refractivity contribution in [1.82, 2.24) is 9.80 Å². The number of ether oxygens (including phenoxy) is 1. The van der Waals surface area contributed by atoms with E-state index in [0.717, 1.165) is 45.2 Å². The first-order valence-corrected chi connectivity index (χ1v) is 7.46. The quantitative estimate of drug-likeness (QED) is 0.798. The van der Waals surface area contributed by atoms with Crippen LogP contribution in [-0.4, -0.2) is 73.5 Å². The van der Waals surface area contributed by atoms with Crippen LogP contribution < -0.4 is 0 Å². The minimum Gasteiger partial charge on any atom is -0.396 e. The molecule has 0 spiro atoms. The van der Waals surface area contributed by atoms with E-state index in [1.807, 2.05) is 0 Å². The molecule has 0 aromatic carbocycles. The average Bonchev–Trinajstić information content (AvgIpc) is 2.87. The molecule has 3 aliphatic heterocycles. The van der Waals surface area contributed by atoms with Crippen LogP contribution in [0.5, 0.6) is 0 Å². The standard InChI is InChI=1S/C14H26N2O2/c17-11-14(4-2-8-18-12-14)10-15-6-7-16-5-1-3-13(16)9-15/h13,17H,1-12H2. The molecule has 0 aromatic rings. The van der Waals surface area contributed by atoms with Crippen LogP contribution in [0, 0.1) is 5.41 Å². The molecule has 2 atom stereocenters. The lowest BCUT2D eigenvalue weighted by Gasteiger charge is -2.44. The Morgan fingerprint density at radius 1 is 1.22 bits per heavy atom. The maximum Gasteiger partial charge on any atom is 0.0556 e. The van der Waals surface area contributed by atoms with Crippen molar-refractivity contribution in [2.45, 2.75) is 31.7 Å². The van der Waals surface area contributed by atoms with Gasteiger partial charge in [-0.05, 0) is 32.2 Å². The Kier molecular flexibility index (Phi) is 3.89. The van der Waals surface area contributed by atoms with Crippen LogP contribution >= 0.6 is 0 Å². The van der Waals surface area contributed by atoms with Gasteiger partial charge in [-0.3, -0.25) is 9.80 Å². The second kappa shape index (κ2) is 5.45. The number of nitrogens with zero attached hydrogens (tertiary/aromatic N) is 2. The van der Waals surface area contributed by atoms with Crippen molar-refractivity contribution < 1.29 is 9.84 Å². The van der Waals surface area contributed by atoms with Crippen LogP contribution in [0.4, 0.5) is 0 Å². The first kappa shape index (κ1) is 12.9. The highest BCUT2D eigenvalue weighted by Crippen LogP contribution is 2.31. The number of piperazine rings is 1. The first-order valence-electron chi connectivity index (χ1n) is 7.46. The van der Waals surface area contributed by atoms with Gasteiger partial charge in [-0.15, -0.1) is 0 Å². The van der Waals surface area contributed by atoms with E-state index in [1.165, 1.54) is 32.5 Å². The monoisotopic (exact) mass is 254 g/mol. The maximum absolute atomic E-state index is 9.74. The zero-order chi connectivity index (χ0) is 12.4. The lowest BCUT2D eigenvalue weighted by atomic mass is 9.82. The van der Waals surface area contributed by atoms with Crippen LogP contribution in [0.2, 0.25) is 0 Å². The van der Waals surface area contributed by atoms with Gasteiger partial charge in [0.25, 0.3) is 0 Å². The molecule has 3 heterocycles. The fraction of sp³-hybridized carbons (Fsp3) is 1.00. The van der Waals surface area contributed by atoms with Gasteiger partial charge >= 0.3 is 0 Å². The van der Waals surface area contributed by atoms with Crippen molar-refractivity contribution in [3.63, 3.8) is 0 Å². The molecular formula is C14H26N2O2. The molecular weight excluding hydrogens is 228 g/mol. The molecule has 3 saturated heterocycles. The number of rotatable bonds is 3. The molecule has 0 amide bonds. The number of hydrogen-bond acceptors (Lipinski definition) is 4. The van der Waals surface area contributed by atoms with Crippen LogP contribution in [-0.2, 0) is 4.74 Å². The number of hydrogen-bond donors (Lipinski definition) is 1. The van der Waals surface area contributed by atoms with Gasteiger partial charge in [0.15, 0.2) is 0 Å². The van der Waals surface area contributed by atoms with Crippen molar-refractivity contribution in [1.29, 1.82) is 0 Å². The zero-order valence-corrected chi connectivity index (χ0v) is 11.3. The van der Waals surface area contributed by atoms with E-state index < -0.39 is 0 Å². The second-order valence-electron chi connectivity index (χ2n) is 6.38. The van der Waals surface area contributed by atoms with Crippen LogP contribution in [0.15, 0.2) is 0 Å². The van der Waals surface area contributed by atoms with Crippen LogP contribution in [0.3, 0.4) is 0 Å². The van der Waals surface area contributed by atoms with E-state index in [4.69, 9.17) is 4.74 Å². The van der Waals surface area contributed by atoms with Crippen molar-refractivity contribution >= 4 is 0 Å². The highest BCUT2D eigenvalue weighted by atomic mass is 16.5. The Morgan fingerprint density at radius 2 is 2.17 bits per heavy atom. The molecule has 0 aliphatic carbocycles. The summed E-state index contributed by atoms with van der Waals surface area (Å²) in [6.45, 7) is 7.79. The molecule has 0 saturated carbocycles. The normalized spacial score (nSPS) is 38.8. The molecule has 3 fully saturated rings. The highest BCUT2D eigenvalue weighted by molar-refractivity contribution is 4.91. The Balaban J connectivity index is 1.58. The lowest BCUT2D eigenvalue weighted by molar-refractivity contribution is -0.0628. The molecule has 0 aromatic heterocycles. The summed E-state index contributed by atoms with van der Waals surface area (Å²) in [7, 11) is 0. The third kappa shape index (κ3) is 2.57. The number of aliphatic hydroxyl groups excluding tert-OH is 1. The SMILES string of the molecule is OCC1(CN2CCN3CCCC3C2)CCCOC1. The van der Waals surface area contributed by atoms with Gasteiger partial charge < -0.3 is 9.84 Å². The number of aliphatic hydroxyl groups is 1. The molecule has 0 bridgehead atoms. The smallest absolute Gasteiger partial charge is 0.0556 e. The van der Waals surface area contributed by atoms with Crippen LogP contribution in [0.25, 0.3) is 0 Å². The molecule has 3 aliphatic rings. The second-order valence-corrected chi connectivity index (χ2v) is 6.38. The molecule has 4 heteroatoms. The van der Waals surface area contributed by atoms with Gasteiger partial charge in [-0.2, -0.15) is 0 Å². The minimum absolute atomic E-state index is 0.0129. The third-order valence-electron chi connectivity index (χ3n) is 4.97. The molecule has 0 radical (unpaired) electrons. The summed E-state index contributed by atoms with van der Waals surface area (Å²) in [6, 6.07) is 0.777. The van der Waals surface area contributed by atoms with Crippen molar-refractivity contribution in [2.24, 2.45) is 5.41 Å². The predicted molar refractivity (Wildman–Crippen MR) is 70.6 cm³/mol. The molecule has 3 rings (SSSR count). The summed E-state index contributed by atoms with van der Waals surface area (Å²) in [6.07, 6.45) is 4.95. The molecule has 2 unspecified atom stereocenters. The van der Waals surface area contributed by atoms with Gasteiger partial charge in [-0.1, -0.05) is 0 Å². The Hall–Kier alpha value is -0.160. The highest BCUT2D eigenvalue weighted by Gasteiger charge is 2.37. The van der Waals surface area contributed by atoms with Crippen molar-refractivity contribution in [3.8, 4) is 0 Å². The Labute approximate surface area is 110 Å². The third-order valence-corrected chi connectivity index (χ3v) is 4.97. The first-order chi connectivity index (χ1) is 8.81. The fourth-order valence-electron chi connectivity index (χ4n) is 3.88. The summed E-state index contributed by atoms with van der Waals surface area (Å²) in [4.78, 5) is 5.21. The van der Waals surface area contributed by atoms with E-state index in [2.05, 4.69) is 9.80 Å². The van der Waals surface area contributed by atoms with Gasteiger partial charge in [-0.25, -0.2) is 0 Å². The zero-order valence-electron chi connectivity index (χ0n) is 11.3. The van der Waals surface area contributed by atoms with E-state index in [0.29, 0.717) is 0 Å². The van der Waals surface area contributed by atoms with Gasteiger partial charge in [0, 0.05) is 44.2 Å². The van der Waals surface area contributed by atoms with Crippen LogP contribution in [0.1, 0.15) is 25.7 Å². The number of fused-ring (bicyclic) bond motifs is 1. The minimum atomic E-state index is 0.0129. The van der Waals surface area contributed by atoms with E-state index in [-0.39, 0.29) is 12.0 Å². The summed E-state index contributed by atoms with van der Waals surface area (Å²) in [5, 5.41) is 9.74. The summed E-state index contributed by atoms with van der Waals surface area (Å²) >= 11 is 0. The van der Waals surface area contributed by atoms with Gasteiger partial charge in [0.1, 0.15) is 0 Å².